The third kappa shape index (κ3) is 38.2. The molecule has 193 valence electrons. The van der Waals surface area contributed by atoms with E-state index in [9.17, 15) is 0 Å². The molecule has 0 aliphatic carbocycles. The Morgan fingerprint density at radius 2 is 0.871 bits per heavy atom. The first-order chi connectivity index (χ1) is 13.6. The van der Waals surface area contributed by atoms with Gasteiger partial charge in [-0.2, -0.15) is 0 Å². The molecule has 1 fully saturated rings. The van der Waals surface area contributed by atoms with Gasteiger partial charge in [0, 0.05) is 39.3 Å². The monoisotopic (exact) mass is 546 g/mol. The average molecular weight is 548 g/mol. The van der Waals surface area contributed by atoms with Gasteiger partial charge in [-0.3, -0.25) is 0 Å². The molecule has 1 aliphatic heterocycles. The molecule has 1 heterocycles. The Bertz CT molecular complexity index is 387. The molecule has 0 aromatic rings. The van der Waals surface area contributed by atoms with Crippen molar-refractivity contribution in [2.75, 3.05) is 86.6 Å². The van der Waals surface area contributed by atoms with Gasteiger partial charge in [-0.05, 0) is 60.2 Å². The van der Waals surface area contributed by atoms with Crippen molar-refractivity contribution in [1.82, 2.24) is 19.6 Å². The summed E-state index contributed by atoms with van der Waals surface area (Å²) in [7, 11) is -3.18. The third-order valence-corrected chi connectivity index (χ3v) is 4.20. The van der Waals surface area contributed by atoms with Crippen LogP contribution in [0.4, 0.5) is 0 Å². The van der Waals surface area contributed by atoms with E-state index >= 15 is 0 Å². The van der Waals surface area contributed by atoms with Gasteiger partial charge in [-0.1, -0.05) is 0 Å². The Kier molecular flexibility index (Phi) is 23.3. The molecule has 1 saturated heterocycles. The molecule has 0 unspecified atom stereocenters. The van der Waals surface area contributed by atoms with Crippen molar-refractivity contribution in [3.8, 4) is 0 Å². The number of hydrogen-bond acceptors (Lipinski definition) is 13. The Morgan fingerprint density at radius 3 is 1.19 bits per heavy atom. The van der Waals surface area contributed by atoms with Crippen LogP contribution >= 0.6 is 0 Å². The molecule has 16 heteroatoms. The van der Waals surface area contributed by atoms with Crippen molar-refractivity contribution in [3.05, 3.63) is 0 Å². The van der Waals surface area contributed by atoms with Gasteiger partial charge < -0.3 is 25.3 Å². The number of likely N-dealkylation sites (N-methyl/N-ethyl adjacent to an activating group) is 3. The predicted octanol–water partition coefficient (Wildman–Crippen LogP) is -9.68. The summed E-state index contributed by atoms with van der Waals surface area (Å²) in [5.41, 5.74) is 5.73. The first-order valence-corrected chi connectivity index (χ1v) is 11.8. The Morgan fingerprint density at radius 1 is 0.581 bits per heavy atom. The number of nitrogens with two attached hydrogens (primary N) is 1. The Labute approximate surface area is 199 Å². The maximum Gasteiger partial charge on any atom is 2.00 e. The molecule has 0 saturated carbocycles. The number of hydrogen-bond donors (Lipinski definition) is 1. The summed E-state index contributed by atoms with van der Waals surface area (Å²) >= 11 is 0. The van der Waals surface area contributed by atoms with Gasteiger partial charge in [-0.25, -0.2) is 37.3 Å². The fraction of sp³-hybridized carbons (Fsp3) is 1.00. The summed E-state index contributed by atoms with van der Waals surface area (Å²) in [5, 5.41) is 0. The van der Waals surface area contributed by atoms with E-state index in [1.54, 1.807) is 0 Å². The van der Waals surface area contributed by atoms with Crippen LogP contribution in [0.2, 0.25) is 0 Å². The van der Waals surface area contributed by atoms with Gasteiger partial charge in [-0.15, -0.1) is 20.5 Å². The van der Waals surface area contributed by atoms with Crippen molar-refractivity contribution < 1.29 is 74.8 Å². The molecule has 13 nitrogen and oxygen atoms in total. The maximum absolute atomic E-state index is 8.49. The summed E-state index contributed by atoms with van der Waals surface area (Å²) in [6, 6.07) is 0. The largest absolute Gasteiger partial charge is 2.00 e. The molecule has 0 atom stereocenters. The quantitative estimate of drug-likeness (QED) is 0.317. The van der Waals surface area contributed by atoms with E-state index in [2.05, 4.69) is 40.7 Å². The summed E-state index contributed by atoms with van der Waals surface area (Å²) in [6.45, 7) is 11.2. The smallest absolute Gasteiger partial charge is 0.329 e. The van der Waals surface area contributed by atoms with Crippen molar-refractivity contribution in [3.63, 3.8) is 0 Å². The Balaban J connectivity index is -0.000000595. The molecule has 1 aliphatic rings. The molecule has 0 spiro atoms. The third-order valence-electron chi connectivity index (χ3n) is 4.20. The van der Waals surface area contributed by atoms with Gasteiger partial charge in [0.25, 0.3) is 0 Å². The number of halogens is 2. The molecular weight excluding hydrogens is 513 g/mol. The van der Waals surface area contributed by atoms with Crippen LogP contribution in [0, 0.1) is 20.5 Å². The second-order valence-corrected chi connectivity index (χ2v) is 8.52. The summed E-state index contributed by atoms with van der Waals surface area (Å²) < 4.78 is 67.9. The zero-order chi connectivity index (χ0) is 23.8. The van der Waals surface area contributed by atoms with E-state index in [1.165, 1.54) is 52.1 Å². The van der Waals surface area contributed by atoms with E-state index in [4.69, 9.17) is 43.0 Å². The molecule has 0 aromatic carbocycles. The van der Waals surface area contributed by atoms with Gasteiger partial charge in [0.05, 0.1) is 0 Å². The van der Waals surface area contributed by atoms with Crippen molar-refractivity contribution >= 4 is 0 Å². The van der Waals surface area contributed by atoms with E-state index in [0.29, 0.717) is 0 Å². The Hall–Kier alpha value is 0.579. The maximum atomic E-state index is 8.49. The summed E-state index contributed by atoms with van der Waals surface area (Å²) in [4.78, 5) is 9.88. The van der Waals surface area contributed by atoms with Gasteiger partial charge in [0.2, 0.25) is 0 Å². The van der Waals surface area contributed by atoms with Gasteiger partial charge in [0.15, 0.2) is 0 Å². The minimum Gasteiger partial charge on any atom is -0.329 e. The van der Waals surface area contributed by atoms with Crippen LogP contribution in [0.1, 0.15) is 12.8 Å². The number of rotatable bonds is 2. The molecule has 1 radical (unpaired) electrons. The molecular formula is C15H35Cl2CuN5O8. The number of nitrogens with zero attached hydrogens (tertiary/aromatic N) is 4. The van der Waals surface area contributed by atoms with Crippen molar-refractivity contribution in [2.45, 2.75) is 12.8 Å². The topological polar surface area (TPSA) is 223 Å². The first kappa shape index (κ1) is 36.2. The second kappa shape index (κ2) is 20.0. The van der Waals surface area contributed by atoms with E-state index in [1.807, 2.05) is 0 Å². The fourth-order valence-corrected chi connectivity index (χ4v) is 2.68. The van der Waals surface area contributed by atoms with Crippen LogP contribution in [0.15, 0.2) is 0 Å². The normalized spacial score (nSPS) is 19.7. The van der Waals surface area contributed by atoms with Crippen LogP contribution in [0.25, 0.3) is 0 Å². The standard InChI is InChI=1S/C15H35N5.2ClHO4.Cu/c1-17-7-4-8-19(3)14-15-20(11-6-16)10-5-9-18(2)13-12-17;2*2-1(3,4)5;/h4-16H2,1-3H3;2*(H,2,3,4,5);/q;;;+2/p-2. The zero-order valence-electron chi connectivity index (χ0n) is 18.2. The van der Waals surface area contributed by atoms with Crippen LogP contribution in [0.5, 0.6) is 0 Å². The van der Waals surface area contributed by atoms with Crippen LogP contribution in [-0.4, -0.2) is 106 Å². The minimum absolute atomic E-state index is 0. The first-order valence-electron chi connectivity index (χ1n) is 9.33. The molecule has 31 heavy (non-hydrogen) atoms. The molecule has 2 N–H and O–H groups in total. The minimum atomic E-state index is -4.94. The molecule has 0 bridgehead atoms. The van der Waals surface area contributed by atoms with E-state index in [0.717, 1.165) is 26.2 Å². The molecule has 0 aromatic heterocycles. The fourth-order valence-electron chi connectivity index (χ4n) is 2.68. The van der Waals surface area contributed by atoms with Crippen molar-refractivity contribution in [2.24, 2.45) is 5.73 Å². The average Bonchev–Trinajstić information content (AvgIpc) is 2.54. The van der Waals surface area contributed by atoms with Crippen LogP contribution in [-0.2, 0) is 17.1 Å². The van der Waals surface area contributed by atoms with E-state index < -0.39 is 20.5 Å². The summed E-state index contributed by atoms with van der Waals surface area (Å²) in [6.07, 6.45) is 2.50. The van der Waals surface area contributed by atoms with Crippen LogP contribution < -0.4 is 43.0 Å². The van der Waals surface area contributed by atoms with Crippen molar-refractivity contribution in [1.29, 1.82) is 0 Å². The van der Waals surface area contributed by atoms with Crippen LogP contribution in [0.3, 0.4) is 0 Å². The summed E-state index contributed by atoms with van der Waals surface area (Å²) in [5.74, 6) is 0. The molecule has 0 amide bonds. The van der Waals surface area contributed by atoms with Gasteiger partial charge in [0.1, 0.15) is 0 Å². The second-order valence-electron chi connectivity index (χ2n) is 7.00. The van der Waals surface area contributed by atoms with E-state index in [-0.39, 0.29) is 17.1 Å². The SMILES string of the molecule is CN1CCCN(C)CCN(CCN)CCCN(C)CC1.[Cu+2].[O-][Cl+3]([O-])([O-])[O-].[O-][Cl+3]([O-])([O-])[O-]. The predicted molar refractivity (Wildman–Crippen MR) is 87.2 cm³/mol. The zero-order valence-corrected chi connectivity index (χ0v) is 20.6. The molecule has 1 rings (SSSR count). The van der Waals surface area contributed by atoms with Gasteiger partial charge >= 0.3 is 17.1 Å².